The van der Waals surface area contributed by atoms with Crippen molar-refractivity contribution in [2.24, 2.45) is 0 Å². The summed E-state index contributed by atoms with van der Waals surface area (Å²) in [6.45, 7) is 6.85. The summed E-state index contributed by atoms with van der Waals surface area (Å²) >= 11 is 3.35. The summed E-state index contributed by atoms with van der Waals surface area (Å²) in [5, 5.41) is 9.67. The molecule has 1 aromatic rings. The van der Waals surface area contributed by atoms with Crippen molar-refractivity contribution in [1.29, 1.82) is 0 Å². The summed E-state index contributed by atoms with van der Waals surface area (Å²) in [7, 11) is 0. The Morgan fingerprint density at radius 2 is 2.05 bits per heavy atom. The molecule has 0 radical (unpaired) electrons. The zero-order valence-electron chi connectivity index (χ0n) is 11.5. The van der Waals surface area contributed by atoms with Crippen LogP contribution >= 0.6 is 15.9 Å². The van der Waals surface area contributed by atoms with Crippen LogP contribution in [0.4, 0.5) is 0 Å². The molecule has 0 aliphatic heterocycles. The topological polar surface area (TPSA) is 49.8 Å². The number of benzene rings is 1. The molecule has 0 aliphatic carbocycles. The minimum atomic E-state index is -0.633. The molecule has 1 rings (SSSR count). The molecule has 4 nitrogen and oxygen atoms in total. The molecule has 1 amide bonds. The molecule has 0 saturated carbocycles. The molecular formula is C14H20BrNO3. The van der Waals surface area contributed by atoms with Gasteiger partial charge in [0.1, 0.15) is 5.75 Å². The Bertz CT molecular complexity index is 431. The minimum absolute atomic E-state index is 0.0160. The smallest absolute Gasteiger partial charge is 0.260 e. The number of carbonyl (C=O) groups is 1. The highest BCUT2D eigenvalue weighted by atomic mass is 79.9. The van der Waals surface area contributed by atoms with E-state index in [9.17, 15) is 9.90 Å². The monoisotopic (exact) mass is 329 g/mol. The lowest BCUT2D eigenvalue weighted by atomic mass is 10.1. The van der Waals surface area contributed by atoms with E-state index in [2.05, 4.69) is 15.9 Å². The Kier molecular flexibility index (Phi) is 6.31. The largest absolute Gasteiger partial charge is 0.483 e. The van der Waals surface area contributed by atoms with Gasteiger partial charge >= 0.3 is 0 Å². The summed E-state index contributed by atoms with van der Waals surface area (Å²) in [4.78, 5) is 13.6. The predicted molar refractivity (Wildman–Crippen MR) is 78.2 cm³/mol. The van der Waals surface area contributed by atoms with Crippen LogP contribution in [0.5, 0.6) is 5.75 Å². The van der Waals surface area contributed by atoms with Crippen LogP contribution in [0.15, 0.2) is 22.7 Å². The van der Waals surface area contributed by atoms with Crippen LogP contribution in [-0.2, 0) is 4.79 Å². The van der Waals surface area contributed by atoms with Gasteiger partial charge in [-0.3, -0.25) is 4.79 Å². The fourth-order valence-corrected chi connectivity index (χ4v) is 2.13. The van der Waals surface area contributed by atoms with E-state index in [0.717, 1.165) is 4.47 Å². The summed E-state index contributed by atoms with van der Waals surface area (Å²) < 4.78 is 6.39. The third-order valence-electron chi connectivity index (χ3n) is 2.89. The van der Waals surface area contributed by atoms with Gasteiger partial charge in [0.05, 0.1) is 6.10 Å². The highest BCUT2D eigenvalue weighted by Gasteiger charge is 2.14. The zero-order valence-corrected chi connectivity index (χ0v) is 13.1. The maximum absolute atomic E-state index is 11.9. The van der Waals surface area contributed by atoms with Crippen LogP contribution in [0.1, 0.15) is 32.4 Å². The maximum atomic E-state index is 11.9. The SMILES string of the molecule is CCN(CC)C(=O)COc1cc(Br)ccc1C(C)O. The third kappa shape index (κ3) is 4.51. The molecule has 1 aromatic carbocycles. The normalized spacial score (nSPS) is 12.1. The van der Waals surface area contributed by atoms with Crippen LogP contribution in [0.2, 0.25) is 0 Å². The number of carbonyl (C=O) groups excluding carboxylic acids is 1. The van der Waals surface area contributed by atoms with Crippen molar-refractivity contribution in [3.63, 3.8) is 0 Å². The second-order valence-electron chi connectivity index (χ2n) is 4.21. The molecule has 0 heterocycles. The zero-order chi connectivity index (χ0) is 14.4. The standard InChI is InChI=1S/C14H20BrNO3/c1-4-16(5-2)14(18)9-19-13-8-11(15)6-7-12(13)10(3)17/h6-8,10,17H,4-5,9H2,1-3H3. The van der Waals surface area contributed by atoms with Gasteiger partial charge in [-0.05, 0) is 32.9 Å². The molecular weight excluding hydrogens is 310 g/mol. The van der Waals surface area contributed by atoms with Crippen molar-refractivity contribution in [2.75, 3.05) is 19.7 Å². The first-order valence-corrected chi connectivity index (χ1v) is 7.16. The molecule has 0 aromatic heterocycles. The van der Waals surface area contributed by atoms with Gasteiger partial charge in [0.25, 0.3) is 5.91 Å². The van der Waals surface area contributed by atoms with Gasteiger partial charge in [0.15, 0.2) is 6.61 Å². The Morgan fingerprint density at radius 1 is 1.42 bits per heavy atom. The Balaban J connectivity index is 2.77. The first kappa shape index (κ1) is 16.0. The van der Waals surface area contributed by atoms with Gasteiger partial charge in [0.2, 0.25) is 0 Å². The fraction of sp³-hybridized carbons (Fsp3) is 0.500. The third-order valence-corrected chi connectivity index (χ3v) is 3.39. The molecule has 0 fully saturated rings. The first-order valence-electron chi connectivity index (χ1n) is 6.37. The molecule has 0 saturated heterocycles. The van der Waals surface area contributed by atoms with Crippen molar-refractivity contribution in [2.45, 2.75) is 26.9 Å². The summed E-state index contributed by atoms with van der Waals surface area (Å²) in [5.74, 6) is 0.478. The molecule has 0 bridgehead atoms. The molecule has 1 N–H and O–H groups in total. The number of rotatable bonds is 6. The van der Waals surface area contributed by atoms with Gasteiger partial charge in [0, 0.05) is 23.1 Å². The second kappa shape index (κ2) is 7.50. The van der Waals surface area contributed by atoms with Gasteiger partial charge in [-0.2, -0.15) is 0 Å². The van der Waals surface area contributed by atoms with E-state index < -0.39 is 6.10 Å². The number of hydrogen-bond donors (Lipinski definition) is 1. The minimum Gasteiger partial charge on any atom is -0.483 e. The number of nitrogens with zero attached hydrogens (tertiary/aromatic N) is 1. The molecule has 106 valence electrons. The number of amides is 1. The van der Waals surface area contributed by atoms with E-state index >= 15 is 0 Å². The van der Waals surface area contributed by atoms with Crippen LogP contribution in [-0.4, -0.2) is 35.6 Å². The molecule has 19 heavy (non-hydrogen) atoms. The van der Waals surface area contributed by atoms with Crippen molar-refractivity contribution in [3.05, 3.63) is 28.2 Å². The molecule has 5 heteroatoms. The maximum Gasteiger partial charge on any atom is 0.260 e. The quantitative estimate of drug-likeness (QED) is 0.873. The van der Waals surface area contributed by atoms with E-state index in [4.69, 9.17) is 4.74 Å². The number of halogens is 1. The van der Waals surface area contributed by atoms with Gasteiger partial charge in [-0.25, -0.2) is 0 Å². The summed E-state index contributed by atoms with van der Waals surface area (Å²) in [5.41, 5.74) is 0.676. The first-order chi connectivity index (χ1) is 8.99. The lowest BCUT2D eigenvalue weighted by molar-refractivity contribution is -0.133. The van der Waals surface area contributed by atoms with Crippen molar-refractivity contribution in [1.82, 2.24) is 4.90 Å². The number of aliphatic hydroxyl groups excluding tert-OH is 1. The van der Waals surface area contributed by atoms with E-state index in [1.165, 1.54) is 0 Å². The number of hydrogen-bond acceptors (Lipinski definition) is 3. The van der Waals surface area contributed by atoms with Crippen molar-refractivity contribution in [3.8, 4) is 5.75 Å². The average molecular weight is 330 g/mol. The lowest BCUT2D eigenvalue weighted by Gasteiger charge is -2.20. The number of aliphatic hydroxyl groups is 1. The van der Waals surface area contributed by atoms with Gasteiger partial charge < -0.3 is 14.7 Å². The van der Waals surface area contributed by atoms with E-state index in [-0.39, 0.29) is 12.5 Å². The van der Waals surface area contributed by atoms with Crippen LogP contribution in [0.3, 0.4) is 0 Å². The highest BCUT2D eigenvalue weighted by Crippen LogP contribution is 2.28. The number of likely N-dealkylation sites (N-methyl/N-ethyl adjacent to an activating group) is 1. The summed E-state index contributed by atoms with van der Waals surface area (Å²) in [6.07, 6.45) is -0.633. The lowest BCUT2D eigenvalue weighted by Crippen LogP contribution is -2.34. The predicted octanol–water partition coefficient (Wildman–Crippen LogP) is 2.75. The van der Waals surface area contributed by atoms with Crippen molar-refractivity contribution >= 4 is 21.8 Å². The number of ether oxygens (including phenoxy) is 1. The van der Waals surface area contributed by atoms with E-state index in [1.54, 1.807) is 24.0 Å². The van der Waals surface area contributed by atoms with Gasteiger partial charge in [-0.1, -0.05) is 22.0 Å². The molecule has 1 unspecified atom stereocenters. The van der Waals surface area contributed by atoms with E-state index in [0.29, 0.717) is 24.4 Å². The van der Waals surface area contributed by atoms with E-state index in [1.807, 2.05) is 19.9 Å². The fourth-order valence-electron chi connectivity index (χ4n) is 1.79. The van der Waals surface area contributed by atoms with Crippen LogP contribution in [0, 0.1) is 0 Å². The molecule has 1 atom stereocenters. The van der Waals surface area contributed by atoms with Gasteiger partial charge in [-0.15, -0.1) is 0 Å². The molecule has 0 aliphatic rings. The Hall–Kier alpha value is -1.07. The average Bonchev–Trinajstić information content (AvgIpc) is 2.37. The summed E-state index contributed by atoms with van der Waals surface area (Å²) in [6, 6.07) is 5.38. The Labute approximate surface area is 122 Å². The second-order valence-corrected chi connectivity index (χ2v) is 5.13. The van der Waals surface area contributed by atoms with Crippen molar-refractivity contribution < 1.29 is 14.6 Å². The molecule has 0 spiro atoms. The van der Waals surface area contributed by atoms with Crippen LogP contribution in [0.25, 0.3) is 0 Å². The van der Waals surface area contributed by atoms with Crippen LogP contribution < -0.4 is 4.74 Å². The highest BCUT2D eigenvalue weighted by molar-refractivity contribution is 9.10. The Morgan fingerprint density at radius 3 is 2.58 bits per heavy atom.